The highest BCUT2D eigenvalue weighted by molar-refractivity contribution is 9.09. The summed E-state index contributed by atoms with van der Waals surface area (Å²) in [6.45, 7) is -0.197. The van der Waals surface area contributed by atoms with E-state index in [2.05, 4.69) is 15.9 Å². The number of ether oxygens (including phenoxy) is 3. The molecular formula is C17H19BrO5. The van der Waals surface area contributed by atoms with E-state index in [0.29, 0.717) is 17.2 Å². The molecule has 0 saturated carbocycles. The van der Waals surface area contributed by atoms with E-state index in [-0.39, 0.29) is 17.2 Å². The van der Waals surface area contributed by atoms with E-state index in [1.807, 2.05) is 12.1 Å². The molecular weight excluding hydrogens is 364 g/mol. The Labute approximate surface area is 143 Å². The number of aromatic hydroxyl groups is 1. The standard InChI is InChI=1S/C17H19BrO5/c1-21-13-5-3-4-6-14(13)23-16(10-19)17(18)11-7-8-12(20)15(9-11)22-2/h3-9,16-17,19-20H,10H2,1-2H3/t16-,17-/m0/s1. The first-order chi connectivity index (χ1) is 11.1. The molecule has 0 aliphatic heterocycles. The van der Waals surface area contributed by atoms with Gasteiger partial charge in [-0.1, -0.05) is 34.1 Å². The largest absolute Gasteiger partial charge is 0.504 e. The zero-order valence-electron chi connectivity index (χ0n) is 12.9. The molecule has 23 heavy (non-hydrogen) atoms. The first kappa shape index (κ1) is 17.4. The second-order valence-electron chi connectivity index (χ2n) is 4.82. The summed E-state index contributed by atoms with van der Waals surface area (Å²) in [7, 11) is 3.05. The minimum absolute atomic E-state index is 0.0575. The van der Waals surface area contributed by atoms with Gasteiger partial charge in [0.15, 0.2) is 23.0 Å². The Morgan fingerprint density at radius 1 is 1.00 bits per heavy atom. The lowest BCUT2D eigenvalue weighted by atomic mass is 10.1. The van der Waals surface area contributed by atoms with Crippen molar-refractivity contribution in [2.24, 2.45) is 0 Å². The van der Waals surface area contributed by atoms with E-state index in [1.54, 1.807) is 37.4 Å². The van der Waals surface area contributed by atoms with E-state index in [0.717, 1.165) is 5.56 Å². The second-order valence-corrected chi connectivity index (χ2v) is 5.81. The van der Waals surface area contributed by atoms with Crippen LogP contribution in [0.3, 0.4) is 0 Å². The van der Waals surface area contributed by atoms with Crippen LogP contribution in [0.25, 0.3) is 0 Å². The number of para-hydroxylation sites is 2. The van der Waals surface area contributed by atoms with Crippen LogP contribution in [-0.2, 0) is 0 Å². The predicted octanol–water partition coefficient (Wildman–Crippen LogP) is 3.29. The van der Waals surface area contributed by atoms with Crippen molar-refractivity contribution in [1.29, 1.82) is 0 Å². The van der Waals surface area contributed by atoms with Crippen LogP contribution in [0.15, 0.2) is 42.5 Å². The van der Waals surface area contributed by atoms with Gasteiger partial charge >= 0.3 is 0 Å². The number of phenolic OH excluding ortho intramolecular Hbond substituents is 1. The fraction of sp³-hybridized carbons (Fsp3) is 0.294. The summed E-state index contributed by atoms with van der Waals surface area (Å²) in [5, 5.41) is 19.4. The maximum atomic E-state index is 9.69. The van der Waals surface area contributed by atoms with Gasteiger partial charge in [-0.25, -0.2) is 0 Å². The van der Waals surface area contributed by atoms with Crippen LogP contribution in [0.5, 0.6) is 23.0 Å². The van der Waals surface area contributed by atoms with E-state index >= 15 is 0 Å². The average Bonchev–Trinajstić information content (AvgIpc) is 2.59. The molecule has 5 nitrogen and oxygen atoms in total. The third-order valence-corrected chi connectivity index (χ3v) is 4.49. The Bertz CT molecular complexity index is 647. The quantitative estimate of drug-likeness (QED) is 0.719. The molecule has 2 aromatic rings. The number of halogens is 1. The van der Waals surface area contributed by atoms with E-state index in [9.17, 15) is 10.2 Å². The Morgan fingerprint density at radius 3 is 2.26 bits per heavy atom. The van der Waals surface area contributed by atoms with Gasteiger partial charge in [-0.05, 0) is 29.8 Å². The van der Waals surface area contributed by atoms with Crippen molar-refractivity contribution in [1.82, 2.24) is 0 Å². The first-order valence-corrected chi connectivity index (χ1v) is 7.93. The van der Waals surface area contributed by atoms with Gasteiger partial charge < -0.3 is 24.4 Å². The molecule has 2 rings (SSSR count). The first-order valence-electron chi connectivity index (χ1n) is 7.02. The minimum Gasteiger partial charge on any atom is -0.504 e. The molecule has 0 amide bonds. The average molecular weight is 383 g/mol. The van der Waals surface area contributed by atoms with Crippen LogP contribution in [0.4, 0.5) is 0 Å². The third-order valence-electron chi connectivity index (χ3n) is 3.38. The number of hydrogen-bond donors (Lipinski definition) is 2. The molecule has 2 N–H and O–H groups in total. The molecule has 6 heteroatoms. The van der Waals surface area contributed by atoms with Gasteiger partial charge in [0.1, 0.15) is 6.10 Å². The van der Waals surface area contributed by atoms with Crippen LogP contribution in [0.1, 0.15) is 10.4 Å². The highest BCUT2D eigenvalue weighted by Crippen LogP contribution is 2.36. The maximum Gasteiger partial charge on any atom is 0.161 e. The normalized spacial score (nSPS) is 13.2. The van der Waals surface area contributed by atoms with Crippen LogP contribution in [0.2, 0.25) is 0 Å². The summed E-state index contributed by atoms with van der Waals surface area (Å²) in [6.07, 6.45) is -0.541. The monoisotopic (exact) mass is 382 g/mol. The second kappa shape index (κ2) is 8.08. The SMILES string of the molecule is COc1cc([C@H](Br)[C@H](CO)Oc2ccccc2OC)ccc1O. The fourth-order valence-electron chi connectivity index (χ4n) is 2.15. The number of methoxy groups -OCH3 is 2. The van der Waals surface area contributed by atoms with Crippen molar-refractivity contribution in [3.8, 4) is 23.0 Å². The lowest BCUT2D eigenvalue weighted by Gasteiger charge is -2.24. The van der Waals surface area contributed by atoms with E-state index in [4.69, 9.17) is 14.2 Å². The Kier molecular flexibility index (Phi) is 6.12. The van der Waals surface area contributed by atoms with Gasteiger partial charge in [0, 0.05) is 0 Å². The number of hydrogen-bond acceptors (Lipinski definition) is 5. The number of phenols is 1. The van der Waals surface area contributed by atoms with Gasteiger partial charge in [-0.2, -0.15) is 0 Å². The number of rotatable bonds is 7. The van der Waals surface area contributed by atoms with Gasteiger partial charge in [-0.3, -0.25) is 0 Å². The molecule has 0 saturated heterocycles. The number of benzene rings is 2. The fourth-order valence-corrected chi connectivity index (χ4v) is 2.71. The Hall–Kier alpha value is -1.92. The predicted molar refractivity (Wildman–Crippen MR) is 90.8 cm³/mol. The Morgan fingerprint density at radius 2 is 1.65 bits per heavy atom. The molecule has 0 aromatic heterocycles. The molecule has 0 fully saturated rings. The van der Waals surface area contributed by atoms with Crippen molar-refractivity contribution < 1.29 is 24.4 Å². The molecule has 0 aliphatic rings. The summed E-state index contributed by atoms with van der Waals surface area (Å²) in [5.41, 5.74) is 0.814. The zero-order valence-corrected chi connectivity index (χ0v) is 14.5. The summed E-state index contributed by atoms with van der Waals surface area (Å²) in [5.74, 6) is 1.56. The molecule has 124 valence electrons. The number of aliphatic hydroxyl groups excluding tert-OH is 1. The molecule has 0 unspecified atom stereocenters. The summed E-state index contributed by atoms with van der Waals surface area (Å²) >= 11 is 3.54. The van der Waals surface area contributed by atoms with Crippen LogP contribution in [0, 0.1) is 0 Å². The zero-order chi connectivity index (χ0) is 16.8. The van der Waals surface area contributed by atoms with Crippen LogP contribution < -0.4 is 14.2 Å². The van der Waals surface area contributed by atoms with Gasteiger partial charge in [0.2, 0.25) is 0 Å². The number of alkyl halides is 1. The minimum atomic E-state index is -0.541. The molecule has 0 bridgehead atoms. The van der Waals surface area contributed by atoms with E-state index in [1.165, 1.54) is 7.11 Å². The molecule has 0 heterocycles. The summed E-state index contributed by atoms with van der Waals surface area (Å²) in [4.78, 5) is -0.299. The lowest BCUT2D eigenvalue weighted by molar-refractivity contribution is 0.111. The lowest BCUT2D eigenvalue weighted by Crippen LogP contribution is -2.26. The van der Waals surface area contributed by atoms with Crippen molar-refractivity contribution in [3.63, 3.8) is 0 Å². The summed E-state index contributed by atoms with van der Waals surface area (Å²) in [6, 6.07) is 12.2. The highest BCUT2D eigenvalue weighted by Gasteiger charge is 2.24. The van der Waals surface area contributed by atoms with Gasteiger partial charge in [-0.15, -0.1) is 0 Å². The third kappa shape index (κ3) is 4.09. The highest BCUT2D eigenvalue weighted by atomic mass is 79.9. The van der Waals surface area contributed by atoms with Crippen molar-refractivity contribution in [2.75, 3.05) is 20.8 Å². The van der Waals surface area contributed by atoms with Crippen LogP contribution >= 0.6 is 15.9 Å². The van der Waals surface area contributed by atoms with Crippen molar-refractivity contribution >= 4 is 15.9 Å². The molecule has 2 atom stereocenters. The topological polar surface area (TPSA) is 68.2 Å². The van der Waals surface area contributed by atoms with Crippen molar-refractivity contribution in [2.45, 2.75) is 10.9 Å². The molecule has 0 radical (unpaired) electrons. The number of aliphatic hydroxyl groups is 1. The van der Waals surface area contributed by atoms with E-state index < -0.39 is 6.10 Å². The van der Waals surface area contributed by atoms with Crippen molar-refractivity contribution in [3.05, 3.63) is 48.0 Å². The van der Waals surface area contributed by atoms with Crippen LogP contribution in [-0.4, -0.2) is 37.1 Å². The molecule has 0 aliphatic carbocycles. The smallest absolute Gasteiger partial charge is 0.161 e. The molecule has 2 aromatic carbocycles. The maximum absolute atomic E-state index is 9.69. The van der Waals surface area contributed by atoms with Gasteiger partial charge in [0.05, 0.1) is 25.7 Å². The Balaban J connectivity index is 2.23. The molecule has 0 spiro atoms. The van der Waals surface area contributed by atoms with Gasteiger partial charge in [0.25, 0.3) is 0 Å². The summed E-state index contributed by atoms with van der Waals surface area (Å²) < 4.78 is 16.2.